The number of fused-ring (bicyclic) bond motifs is 1. The van der Waals surface area contributed by atoms with Gasteiger partial charge in [0.15, 0.2) is 0 Å². The number of nitrogens with one attached hydrogen (secondary N) is 1. The van der Waals surface area contributed by atoms with Crippen molar-refractivity contribution in [2.75, 3.05) is 19.6 Å². The largest absolute Gasteiger partial charge is 0.346 e. The summed E-state index contributed by atoms with van der Waals surface area (Å²) in [6.07, 6.45) is 16.9. The number of nitrogens with zero attached hydrogens (tertiary/aromatic N) is 4. The molecule has 26 heavy (non-hydrogen) atoms. The first kappa shape index (κ1) is 16.3. The Labute approximate surface area is 154 Å². The molecule has 2 fully saturated rings. The Bertz CT molecular complexity index is 878. The Balaban J connectivity index is 1.34. The molecule has 0 radical (unpaired) electrons. The molecule has 1 unspecified atom stereocenters. The first-order valence-corrected chi connectivity index (χ1v) is 10.2. The Hall–Kier alpha value is -1.88. The van der Waals surface area contributed by atoms with Crippen LogP contribution in [0.3, 0.4) is 0 Å². The van der Waals surface area contributed by atoms with Crippen LogP contribution in [0.1, 0.15) is 38.5 Å². The van der Waals surface area contributed by atoms with Crippen molar-refractivity contribution in [3.05, 3.63) is 29.3 Å². The van der Waals surface area contributed by atoms with Crippen LogP contribution in [0.4, 0.5) is 0 Å². The van der Waals surface area contributed by atoms with Crippen molar-refractivity contribution in [1.29, 1.82) is 0 Å². The van der Waals surface area contributed by atoms with E-state index in [0.29, 0.717) is 5.92 Å². The van der Waals surface area contributed by atoms with Gasteiger partial charge in [0.1, 0.15) is 5.49 Å². The zero-order valence-electron chi connectivity index (χ0n) is 15.7. The molecule has 138 valence electrons. The van der Waals surface area contributed by atoms with Crippen LogP contribution in [0, 0.1) is 11.8 Å². The molecule has 1 aliphatic carbocycles. The van der Waals surface area contributed by atoms with Gasteiger partial charge in [0.25, 0.3) is 0 Å². The maximum absolute atomic E-state index is 4.87. The minimum absolute atomic E-state index is 0.591. The number of likely N-dealkylation sites (tertiary alicyclic amines) is 1. The van der Waals surface area contributed by atoms with E-state index >= 15 is 0 Å². The first-order valence-electron chi connectivity index (χ1n) is 10.2. The molecule has 2 aliphatic heterocycles. The van der Waals surface area contributed by atoms with Crippen LogP contribution in [0.5, 0.6) is 0 Å². The predicted octanol–water partition coefficient (Wildman–Crippen LogP) is 2.10. The van der Waals surface area contributed by atoms with E-state index in [4.69, 9.17) is 4.99 Å². The van der Waals surface area contributed by atoms with Gasteiger partial charge in [-0.15, -0.1) is 0 Å². The lowest BCUT2D eigenvalue weighted by molar-refractivity contribution is 0.152. The zero-order chi connectivity index (χ0) is 17.5. The summed E-state index contributed by atoms with van der Waals surface area (Å²) in [5.41, 5.74) is 3.47. The summed E-state index contributed by atoms with van der Waals surface area (Å²) in [4.78, 5) is 11.0. The first-order chi connectivity index (χ1) is 12.8. The smallest absolute Gasteiger partial charge is 0.132 e. The fraction of sp³-hybridized carbons (Fsp3) is 0.619. The van der Waals surface area contributed by atoms with Gasteiger partial charge in [-0.3, -0.25) is 9.67 Å². The monoisotopic (exact) mass is 351 g/mol. The van der Waals surface area contributed by atoms with Crippen molar-refractivity contribution in [3.8, 4) is 11.1 Å². The molecule has 2 aromatic heterocycles. The molecule has 5 heteroatoms. The number of hydrogen-bond donors (Lipinski definition) is 1. The Kier molecular flexibility index (Phi) is 4.20. The highest BCUT2D eigenvalue weighted by Crippen LogP contribution is 2.35. The Morgan fingerprint density at radius 3 is 2.65 bits per heavy atom. The van der Waals surface area contributed by atoms with Crippen molar-refractivity contribution in [3.63, 3.8) is 0 Å². The van der Waals surface area contributed by atoms with Gasteiger partial charge in [-0.2, -0.15) is 5.10 Å². The molecule has 0 amide bonds. The fourth-order valence-corrected chi connectivity index (χ4v) is 5.27. The molecule has 0 aromatic carbocycles. The van der Waals surface area contributed by atoms with Crippen molar-refractivity contribution in [1.82, 2.24) is 19.7 Å². The summed E-state index contributed by atoms with van der Waals surface area (Å²) in [6.45, 7) is 3.61. The molecule has 1 saturated heterocycles. The molecule has 1 saturated carbocycles. The minimum Gasteiger partial charge on any atom is -0.346 e. The van der Waals surface area contributed by atoms with Gasteiger partial charge >= 0.3 is 0 Å². The highest BCUT2D eigenvalue weighted by atomic mass is 15.2. The van der Waals surface area contributed by atoms with Gasteiger partial charge in [-0.25, -0.2) is 0 Å². The van der Waals surface area contributed by atoms with E-state index in [-0.39, 0.29) is 0 Å². The van der Waals surface area contributed by atoms with Gasteiger partial charge in [-0.05, 0) is 57.5 Å². The van der Waals surface area contributed by atoms with Gasteiger partial charge in [-0.1, -0.05) is 6.08 Å². The highest BCUT2D eigenvalue weighted by molar-refractivity contribution is 5.63. The summed E-state index contributed by atoms with van der Waals surface area (Å²) >= 11 is 0. The average molecular weight is 351 g/mol. The zero-order valence-corrected chi connectivity index (χ0v) is 15.7. The van der Waals surface area contributed by atoms with Crippen LogP contribution in [0.2, 0.25) is 0 Å². The third-order valence-corrected chi connectivity index (χ3v) is 6.76. The summed E-state index contributed by atoms with van der Waals surface area (Å²) in [7, 11) is 1.97. The SMILES string of the molecule is Cn1cc(-c2c[nH]c3c2=CC(C2CCC(N4CCCC4)CC2)CN=3)cn1. The molecule has 1 atom stereocenters. The van der Waals surface area contributed by atoms with Gasteiger partial charge in [0, 0.05) is 54.3 Å². The third kappa shape index (κ3) is 2.92. The average Bonchev–Trinajstić information content (AvgIpc) is 3.42. The summed E-state index contributed by atoms with van der Waals surface area (Å²) in [6, 6.07) is 0.850. The third-order valence-electron chi connectivity index (χ3n) is 6.76. The molecule has 3 aliphatic rings. The number of rotatable bonds is 3. The standard InChI is InChI=1S/C21H29N5/c1-25-14-17(12-24-25)20-13-23-21-19(20)10-16(11-22-21)15-4-6-18(7-5-15)26-8-2-3-9-26/h10,12-16,18H,2-9,11H2,1H3,(H,22,23). The second kappa shape index (κ2) is 6.69. The Morgan fingerprint density at radius 1 is 1.12 bits per heavy atom. The van der Waals surface area contributed by atoms with Gasteiger partial charge < -0.3 is 9.88 Å². The summed E-state index contributed by atoms with van der Waals surface area (Å²) < 4.78 is 1.87. The molecule has 1 N–H and O–H groups in total. The Morgan fingerprint density at radius 2 is 1.92 bits per heavy atom. The topological polar surface area (TPSA) is 49.2 Å². The van der Waals surface area contributed by atoms with E-state index in [1.807, 2.05) is 17.9 Å². The van der Waals surface area contributed by atoms with Crippen molar-refractivity contribution in [2.24, 2.45) is 23.9 Å². The number of aromatic amines is 1. The maximum Gasteiger partial charge on any atom is 0.132 e. The molecule has 2 aromatic rings. The molecular weight excluding hydrogens is 322 g/mol. The van der Waals surface area contributed by atoms with Gasteiger partial charge in [0.2, 0.25) is 0 Å². The number of aryl methyl sites for hydroxylation is 1. The van der Waals surface area contributed by atoms with Crippen LogP contribution < -0.4 is 10.7 Å². The van der Waals surface area contributed by atoms with Gasteiger partial charge in [0.05, 0.1) is 6.20 Å². The van der Waals surface area contributed by atoms with E-state index in [9.17, 15) is 0 Å². The van der Waals surface area contributed by atoms with Crippen LogP contribution >= 0.6 is 0 Å². The lowest BCUT2D eigenvalue weighted by Gasteiger charge is -2.37. The van der Waals surface area contributed by atoms with Crippen molar-refractivity contribution in [2.45, 2.75) is 44.6 Å². The van der Waals surface area contributed by atoms with E-state index in [1.165, 1.54) is 68.0 Å². The highest BCUT2D eigenvalue weighted by Gasteiger charge is 2.31. The summed E-state index contributed by atoms with van der Waals surface area (Å²) in [5.74, 6) is 1.38. The molecule has 5 rings (SSSR count). The fourth-order valence-electron chi connectivity index (χ4n) is 5.27. The lowest BCUT2D eigenvalue weighted by atomic mass is 9.77. The van der Waals surface area contributed by atoms with E-state index in [2.05, 4.69) is 33.5 Å². The molecular formula is C21H29N5. The molecule has 4 heterocycles. The van der Waals surface area contributed by atoms with Crippen LogP contribution in [0.15, 0.2) is 23.6 Å². The second-order valence-electron chi connectivity index (χ2n) is 8.35. The van der Waals surface area contributed by atoms with Crippen molar-refractivity contribution < 1.29 is 0 Å². The predicted molar refractivity (Wildman–Crippen MR) is 103 cm³/mol. The number of aromatic nitrogens is 3. The van der Waals surface area contributed by atoms with Crippen LogP contribution in [-0.4, -0.2) is 45.3 Å². The molecule has 0 bridgehead atoms. The maximum atomic E-state index is 4.87. The summed E-state index contributed by atoms with van der Waals surface area (Å²) in [5, 5.41) is 5.62. The normalized spacial score (nSPS) is 29.2. The van der Waals surface area contributed by atoms with E-state index in [1.54, 1.807) is 0 Å². The lowest BCUT2D eigenvalue weighted by Crippen LogP contribution is -2.39. The van der Waals surface area contributed by atoms with E-state index < -0.39 is 0 Å². The number of hydrogen-bond acceptors (Lipinski definition) is 3. The van der Waals surface area contributed by atoms with Crippen molar-refractivity contribution >= 4 is 6.08 Å². The number of H-pyrrole nitrogens is 1. The van der Waals surface area contributed by atoms with E-state index in [0.717, 1.165) is 24.0 Å². The van der Waals surface area contributed by atoms with Crippen LogP contribution in [-0.2, 0) is 7.05 Å². The minimum atomic E-state index is 0.591. The van der Waals surface area contributed by atoms with Crippen LogP contribution in [0.25, 0.3) is 17.2 Å². The second-order valence-corrected chi connectivity index (χ2v) is 8.35. The molecule has 0 spiro atoms. The quantitative estimate of drug-likeness (QED) is 0.921. The molecule has 5 nitrogen and oxygen atoms in total.